The van der Waals surface area contributed by atoms with Crippen molar-refractivity contribution in [3.63, 3.8) is 0 Å². The molecule has 1 spiro atoms. The smallest absolute Gasteiger partial charge is 0.342 e. The molecule has 10 unspecified atom stereocenters. The van der Waals surface area contributed by atoms with Crippen LogP contribution in [0.3, 0.4) is 0 Å². The van der Waals surface area contributed by atoms with Gasteiger partial charge in [-0.1, -0.05) is 26.3 Å². The molecule has 2 heterocycles. The normalized spacial score (nSPS) is 43.8. The molecule has 0 aromatic carbocycles. The lowest BCUT2D eigenvalue weighted by atomic mass is 9.53. The third-order valence-electron chi connectivity index (χ3n) is 9.17. The number of carbonyl (C=O) groups is 4. The van der Waals surface area contributed by atoms with Crippen molar-refractivity contribution >= 4 is 23.9 Å². The largest absolute Gasteiger partial charge is 0.462 e. The van der Waals surface area contributed by atoms with Gasteiger partial charge in [0.25, 0.3) is 0 Å². The third kappa shape index (κ3) is 4.33. The average Bonchev–Trinajstić information content (AvgIpc) is 3.40. The highest BCUT2D eigenvalue weighted by Crippen LogP contribution is 2.65. The summed E-state index contributed by atoms with van der Waals surface area (Å²) in [5.74, 6) is -3.33. The lowest BCUT2D eigenvalue weighted by Gasteiger charge is -2.56. The van der Waals surface area contributed by atoms with Crippen molar-refractivity contribution in [3.8, 4) is 0 Å². The van der Waals surface area contributed by atoms with Gasteiger partial charge in [0.15, 0.2) is 17.3 Å². The maximum Gasteiger partial charge on any atom is 0.342 e. The van der Waals surface area contributed by atoms with Crippen molar-refractivity contribution in [2.24, 2.45) is 17.3 Å². The van der Waals surface area contributed by atoms with Gasteiger partial charge in [-0.3, -0.25) is 14.4 Å². The quantitative estimate of drug-likeness (QED) is 0.242. The van der Waals surface area contributed by atoms with Gasteiger partial charge in [0.1, 0.15) is 18.3 Å². The first-order valence-corrected chi connectivity index (χ1v) is 13.5. The minimum Gasteiger partial charge on any atom is -0.462 e. The molecule has 4 aliphatic rings. The van der Waals surface area contributed by atoms with E-state index in [9.17, 15) is 24.3 Å². The molecular weight excluding hydrogens is 496 g/mol. The maximum atomic E-state index is 13.0. The van der Waals surface area contributed by atoms with E-state index in [2.05, 4.69) is 0 Å². The molecule has 10 heteroatoms. The van der Waals surface area contributed by atoms with Crippen molar-refractivity contribution in [3.05, 3.63) is 11.6 Å². The van der Waals surface area contributed by atoms with E-state index in [1.54, 1.807) is 6.92 Å². The SMILES string of the molecule is CCCC(=O)OC1CCC(C)=CC2OC(=O)C3(C)OC23C(OC(C)=O)C2C(C)C(O)CC(OC(C)=O)C12C. The Hall–Kier alpha value is -2.46. The van der Waals surface area contributed by atoms with E-state index < -0.39 is 76.9 Å². The van der Waals surface area contributed by atoms with Crippen molar-refractivity contribution < 1.29 is 48.0 Å². The topological polar surface area (TPSA) is 138 Å². The van der Waals surface area contributed by atoms with E-state index in [-0.39, 0.29) is 18.8 Å². The fraction of sp³-hybridized carbons (Fsp3) is 0.786. The molecule has 0 amide bonds. The van der Waals surface area contributed by atoms with Crippen molar-refractivity contribution in [2.45, 2.75) is 122 Å². The molecule has 3 fully saturated rings. The molecule has 4 rings (SSSR count). The van der Waals surface area contributed by atoms with Crippen LogP contribution in [0.4, 0.5) is 0 Å². The molecule has 0 bridgehead atoms. The summed E-state index contributed by atoms with van der Waals surface area (Å²) < 4.78 is 29.9. The number of aliphatic hydroxyl groups is 1. The van der Waals surface area contributed by atoms with Crippen LogP contribution in [-0.4, -0.2) is 70.7 Å². The summed E-state index contributed by atoms with van der Waals surface area (Å²) in [5.41, 5.74) is -2.95. The number of allylic oxidation sites excluding steroid dienone is 1. The summed E-state index contributed by atoms with van der Waals surface area (Å²) in [5, 5.41) is 11.2. The number of hydrogen-bond acceptors (Lipinski definition) is 10. The molecule has 0 aromatic heterocycles. The number of aliphatic hydroxyl groups excluding tert-OH is 1. The third-order valence-corrected chi connectivity index (χ3v) is 9.17. The van der Waals surface area contributed by atoms with Crippen molar-refractivity contribution in [1.29, 1.82) is 0 Å². The fourth-order valence-corrected chi connectivity index (χ4v) is 7.14. The Morgan fingerprint density at radius 3 is 2.34 bits per heavy atom. The Morgan fingerprint density at radius 1 is 1.11 bits per heavy atom. The Balaban J connectivity index is 1.96. The molecule has 38 heavy (non-hydrogen) atoms. The van der Waals surface area contributed by atoms with E-state index >= 15 is 0 Å². The van der Waals surface area contributed by atoms with Crippen LogP contribution in [-0.2, 0) is 42.9 Å². The van der Waals surface area contributed by atoms with Crippen molar-refractivity contribution in [2.75, 3.05) is 0 Å². The number of ether oxygens (including phenoxy) is 5. The number of esters is 4. The standard InChI is InChI=1S/C28H40O10/c1-8-9-22(32)36-19-11-10-14(2)12-21-28(27(7,38-28)25(33)37-21)24(35-17(5)30)23-15(3)18(31)13-20(26(19,23)6)34-16(4)29/h12,15,18-21,23-24,31H,8-11,13H2,1-7H3. The zero-order valence-corrected chi connectivity index (χ0v) is 23.3. The van der Waals surface area contributed by atoms with Crippen LogP contribution in [0, 0.1) is 17.3 Å². The number of epoxide rings is 1. The maximum absolute atomic E-state index is 13.0. The molecule has 10 nitrogen and oxygen atoms in total. The molecule has 10 atom stereocenters. The molecule has 2 aliphatic carbocycles. The number of fused-ring (bicyclic) bond motifs is 1. The van der Waals surface area contributed by atoms with Crippen molar-refractivity contribution in [1.82, 2.24) is 0 Å². The first-order chi connectivity index (χ1) is 17.7. The van der Waals surface area contributed by atoms with E-state index in [0.717, 1.165) is 5.57 Å². The van der Waals surface area contributed by atoms with Gasteiger partial charge in [-0.05, 0) is 45.1 Å². The first kappa shape index (κ1) is 28.5. The van der Waals surface area contributed by atoms with Crippen LogP contribution in [0.5, 0.6) is 0 Å². The first-order valence-electron chi connectivity index (χ1n) is 13.5. The summed E-state index contributed by atoms with van der Waals surface area (Å²) >= 11 is 0. The average molecular weight is 537 g/mol. The molecule has 212 valence electrons. The minimum atomic E-state index is -1.37. The Morgan fingerprint density at radius 2 is 1.76 bits per heavy atom. The Kier molecular flexibility index (Phi) is 7.46. The second-order valence-corrected chi connectivity index (χ2v) is 11.7. The predicted octanol–water partition coefficient (Wildman–Crippen LogP) is 2.78. The Labute approximate surface area is 223 Å². The van der Waals surface area contributed by atoms with Crippen LogP contribution in [0.15, 0.2) is 11.6 Å². The Bertz CT molecular complexity index is 1040. The highest BCUT2D eigenvalue weighted by atomic mass is 16.7. The molecule has 1 saturated carbocycles. The summed E-state index contributed by atoms with van der Waals surface area (Å²) in [6.45, 7) is 11.6. The lowest BCUT2D eigenvalue weighted by Crippen LogP contribution is -2.66. The van der Waals surface area contributed by atoms with Crippen LogP contribution in [0.2, 0.25) is 0 Å². The summed E-state index contributed by atoms with van der Waals surface area (Å²) in [6, 6.07) is 0. The fourth-order valence-electron chi connectivity index (χ4n) is 7.14. The summed E-state index contributed by atoms with van der Waals surface area (Å²) in [6.07, 6.45) is -0.812. The monoisotopic (exact) mass is 536 g/mol. The molecule has 2 saturated heterocycles. The minimum absolute atomic E-state index is 0.112. The predicted molar refractivity (Wildman–Crippen MR) is 132 cm³/mol. The second-order valence-electron chi connectivity index (χ2n) is 11.7. The molecule has 0 radical (unpaired) electrons. The van der Waals surface area contributed by atoms with Crippen LogP contribution < -0.4 is 0 Å². The molecule has 1 N–H and O–H groups in total. The highest BCUT2D eigenvalue weighted by molar-refractivity contribution is 5.89. The van der Waals surface area contributed by atoms with Crippen LogP contribution >= 0.6 is 0 Å². The van der Waals surface area contributed by atoms with Crippen LogP contribution in [0.25, 0.3) is 0 Å². The van der Waals surface area contributed by atoms with E-state index in [1.165, 1.54) is 13.8 Å². The lowest BCUT2D eigenvalue weighted by molar-refractivity contribution is -0.232. The molecular formula is C28H40O10. The van der Waals surface area contributed by atoms with E-state index in [4.69, 9.17) is 23.7 Å². The van der Waals surface area contributed by atoms with Gasteiger partial charge in [-0.2, -0.15) is 0 Å². The number of rotatable bonds is 5. The number of hydrogen-bond donors (Lipinski definition) is 1. The zero-order valence-electron chi connectivity index (χ0n) is 23.3. The second kappa shape index (κ2) is 9.93. The number of carbonyl (C=O) groups excluding carboxylic acids is 4. The summed E-state index contributed by atoms with van der Waals surface area (Å²) in [7, 11) is 0. The molecule has 2 aliphatic heterocycles. The highest BCUT2D eigenvalue weighted by Gasteiger charge is 2.87. The van der Waals surface area contributed by atoms with Gasteiger partial charge in [-0.25, -0.2) is 4.79 Å². The van der Waals surface area contributed by atoms with E-state index in [1.807, 2.05) is 33.8 Å². The zero-order chi connectivity index (χ0) is 28.2. The summed E-state index contributed by atoms with van der Waals surface area (Å²) in [4.78, 5) is 50.8. The van der Waals surface area contributed by atoms with Gasteiger partial charge >= 0.3 is 23.9 Å². The van der Waals surface area contributed by atoms with E-state index in [0.29, 0.717) is 19.3 Å². The van der Waals surface area contributed by atoms with Crippen LogP contribution in [0.1, 0.15) is 80.6 Å². The van der Waals surface area contributed by atoms with Gasteiger partial charge < -0.3 is 28.8 Å². The van der Waals surface area contributed by atoms with Gasteiger partial charge in [0, 0.05) is 38.0 Å². The van der Waals surface area contributed by atoms with Gasteiger partial charge in [0.2, 0.25) is 0 Å². The molecule has 0 aromatic rings. The van der Waals surface area contributed by atoms with Gasteiger partial charge in [-0.15, -0.1) is 0 Å². The van der Waals surface area contributed by atoms with Gasteiger partial charge in [0.05, 0.1) is 6.10 Å².